The third kappa shape index (κ3) is 4.36. The fraction of sp³-hybridized carbons (Fsp3) is 0.679. The van der Waals surface area contributed by atoms with E-state index in [0.29, 0.717) is 11.3 Å². The van der Waals surface area contributed by atoms with E-state index in [1.807, 2.05) is 52.8 Å². The van der Waals surface area contributed by atoms with Gasteiger partial charge in [-0.3, -0.25) is 9.59 Å². The molecule has 2 aliphatic heterocycles. The van der Waals surface area contributed by atoms with E-state index in [1.54, 1.807) is 11.8 Å². The Labute approximate surface area is 203 Å². The second-order valence-corrected chi connectivity index (χ2v) is 11.8. The van der Waals surface area contributed by atoms with Gasteiger partial charge >= 0.3 is 5.97 Å². The van der Waals surface area contributed by atoms with E-state index in [4.69, 9.17) is 9.47 Å². The number of rotatable bonds is 4. The third-order valence-corrected chi connectivity index (χ3v) is 7.56. The van der Waals surface area contributed by atoms with Crippen molar-refractivity contribution in [1.29, 1.82) is 0 Å². The number of nitrogens with zero attached hydrogens (tertiary/aromatic N) is 1. The van der Waals surface area contributed by atoms with Crippen molar-refractivity contribution < 1.29 is 23.9 Å². The zero-order valence-electron chi connectivity index (χ0n) is 21.5. The van der Waals surface area contributed by atoms with Crippen molar-refractivity contribution in [3.8, 4) is 5.75 Å². The summed E-state index contributed by atoms with van der Waals surface area (Å²) in [4.78, 5) is 43.2. The molecule has 3 aliphatic rings. The van der Waals surface area contributed by atoms with E-state index in [2.05, 4.69) is 0 Å². The van der Waals surface area contributed by atoms with Crippen LogP contribution in [-0.4, -0.2) is 40.8 Å². The summed E-state index contributed by atoms with van der Waals surface area (Å²) in [6, 6.07) is 4.05. The maximum Gasteiger partial charge on any atom is 0.329 e. The molecule has 0 radical (unpaired) electrons. The summed E-state index contributed by atoms with van der Waals surface area (Å²) in [5, 5.41) is 0. The molecule has 0 aromatic heterocycles. The lowest BCUT2D eigenvalue weighted by Crippen LogP contribution is -2.49. The number of likely N-dealkylation sites (tertiary alicyclic amines) is 1. The third-order valence-electron chi connectivity index (χ3n) is 7.56. The van der Waals surface area contributed by atoms with Crippen LogP contribution in [0.5, 0.6) is 5.75 Å². The molecule has 2 heterocycles. The first-order valence-electron chi connectivity index (χ1n) is 12.8. The zero-order valence-corrected chi connectivity index (χ0v) is 21.5. The minimum absolute atomic E-state index is 0.0993. The van der Waals surface area contributed by atoms with Crippen molar-refractivity contribution in [3.63, 3.8) is 0 Å². The van der Waals surface area contributed by atoms with Crippen molar-refractivity contribution in [3.05, 3.63) is 29.3 Å². The number of hydrogen-bond acceptors (Lipinski definition) is 5. The topological polar surface area (TPSA) is 72.9 Å². The molecule has 2 fully saturated rings. The van der Waals surface area contributed by atoms with Gasteiger partial charge in [0.05, 0.1) is 12.5 Å². The Bertz CT molecular complexity index is 969. The van der Waals surface area contributed by atoms with Gasteiger partial charge < -0.3 is 14.4 Å². The number of ether oxygens (including phenoxy) is 2. The molecule has 1 aromatic carbocycles. The molecule has 1 saturated heterocycles. The summed E-state index contributed by atoms with van der Waals surface area (Å²) in [5.74, 6) is -0.835. The first kappa shape index (κ1) is 24.7. The average Bonchev–Trinajstić information content (AvgIpc) is 3.26. The molecule has 186 valence electrons. The lowest BCUT2D eigenvalue weighted by molar-refractivity contribution is -0.158. The summed E-state index contributed by atoms with van der Waals surface area (Å²) in [6.07, 6.45) is 5.43. The minimum atomic E-state index is -0.933. The van der Waals surface area contributed by atoms with Crippen molar-refractivity contribution in [2.45, 2.75) is 97.8 Å². The first-order chi connectivity index (χ1) is 16.0. The van der Waals surface area contributed by atoms with E-state index >= 15 is 0 Å². The lowest BCUT2D eigenvalue weighted by atomic mass is 9.74. The van der Waals surface area contributed by atoms with Crippen LogP contribution in [0.2, 0.25) is 0 Å². The highest BCUT2D eigenvalue weighted by Crippen LogP contribution is 2.50. The summed E-state index contributed by atoms with van der Waals surface area (Å²) in [5.41, 5.74) is 0.819. The van der Waals surface area contributed by atoms with E-state index in [1.165, 1.54) is 0 Å². The molecular formula is C28H39NO5. The number of esters is 1. The van der Waals surface area contributed by atoms with Gasteiger partial charge in [0.25, 0.3) is 0 Å². The van der Waals surface area contributed by atoms with Gasteiger partial charge in [-0.1, -0.05) is 58.2 Å². The first-order valence-corrected chi connectivity index (χ1v) is 12.8. The van der Waals surface area contributed by atoms with Crippen molar-refractivity contribution in [2.24, 2.45) is 17.3 Å². The highest BCUT2D eigenvalue weighted by atomic mass is 16.5. The smallest absolute Gasteiger partial charge is 0.329 e. The second kappa shape index (κ2) is 9.01. The maximum atomic E-state index is 14.2. The number of carbonyl (C=O) groups is 3. The molecule has 34 heavy (non-hydrogen) atoms. The normalized spacial score (nSPS) is 26.8. The van der Waals surface area contributed by atoms with Crippen LogP contribution >= 0.6 is 0 Å². The van der Waals surface area contributed by atoms with Gasteiger partial charge in [0.15, 0.2) is 5.78 Å². The van der Waals surface area contributed by atoms with Crippen LogP contribution in [0.4, 0.5) is 0 Å². The van der Waals surface area contributed by atoms with Crippen LogP contribution < -0.4 is 4.74 Å². The van der Waals surface area contributed by atoms with Crippen molar-refractivity contribution in [1.82, 2.24) is 4.90 Å². The molecule has 4 rings (SSSR count). The van der Waals surface area contributed by atoms with Gasteiger partial charge in [0.1, 0.15) is 23.4 Å². The molecule has 0 spiro atoms. The largest absolute Gasteiger partial charge is 0.487 e. The zero-order chi connectivity index (χ0) is 24.8. The molecular weight excluding hydrogens is 430 g/mol. The SMILES string of the molecule is CCOC(=O)[C@@H]1[C@@H](C(C)(C)C)C(=O)[C@H](c2cccc3c2OC(C)(C)C3)N1C(=O)C1CCCCC1. The van der Waals surface area contributed by atoms with E-state index in [-0.39, 0.29) is 29.8 Å². The lowest BCUT2D eigenvalue weighted by Gasteiger charge is -2.35. The summed E-state index contributed by atoms with van der Waals surface area (Å²) < 4.78 is 11.8. The average molecular weight is 470 g/mol. The fourth-order valence-electron chi connectivity index (χ4n) is 6.14. The second-order valence-electron chi connectivity index (χ2n) is 11.8. The van der Waals surface area contributed by atoms with Gasteiger partial charge in [-0.15, -0.1) is 0 Å². The molecule has 0 unspecified atom stereocenters. The Hall–Kier alpha value is -2.37. The van der Waals surface area contributed by atoms with E-state index in [0.717, 1.165) is 44.1 Å². The van der Waals surface area contributed by atoms with Crippen molar-refractivity contribution in [2.75, 3.05) is 6.61 Å². The van der Waals surface area contributed by atoms with Gasteiger partial charge in [-0.25, -0.2) is 4.79 Å². The Morgan fingerprint density at radius 2 is 1.82 bits per heavy atom. The Morgan fingerprint density at radius 3 is 2.44 bits per heavy atom. The van der Waals surface area contributed by atoms with E-state index in [9.17, 15) is 14.4 Å². The molecule has 0 N–H and O–H groups in total. The number of hydrogen-bond donors (Lipinski definition) is 0. The van der Waals surface area contributed by atoms with Gasteiger partial charge in [0, 0.05) is 17.9 Å². The monoisotopic (exact) mass is 469 g/mol. The van der Waals surface area contributed by atoms with Gasteiger partial charge in [0.2, 0.25) is 5.91 Å². The number of ketones is 1. The quantitative estimate of drug-likeness (QED) is 0.579. The van der Waals surface area contributed by atoms with Crippen LogP contribution in [0.25, 0.3) is 0 Å². The number of amides is 1. The summed E-state index contributed by atoms with van der Waals surface area (Å²) in [7, 11) is 0. The van der Waals surface area contributed by atoms with Crippen LogP contribution in [0.15, 0.2) is 18.2 Å². The molecule has 6 heteroatoms. The fourth-order valence-corrected chi connectivity index (χ4v) is 6.14. The van der Waals surface area contributed by atoms with Gasteiger partial charge in [-0.2, -0.15) is 0 Å². The number of fused-ring (bicyclic) bond motifs is 1. The Kier molecular flexibility index (Phi) is 6.56. The predicted octanol–water partition coefficient (Wildman–Crippen LogP) is 5.03. The standard InChI is InChI=1S/C28H39NO5/c1-7-33-26(32)22-20(27(2,3)4)23(30)21(29(22)25(31)17-12-9-8-10-13-17)19-15-11-14-18-16-28(5,6)34-24(18)19/h11,14-15,17,20-22H,7-10,12-13,16H2,1-6H3/t20-,21+,22+/m1/s1. The number of carbonyl (C=O) groups excluding carboxylic acids is 3. The Morgan fingerprint density at radius 1 is 1.15 bits per heavy atom. The molecule has 3 atom stereocenters. The molecule has 1 aromatic rings. The van der Waals surface area contributed by atoms with Gasteiger partial charge in [-0.05, 0) is 44.6 Å². The molecule has 0 bridgehead atoms. The molecule has 1 amide bonds. The molecule has 6 nitrogen and oxygen atoms in total. The highest BCUT2D eigenvalue weighted by Gasteiger charge is 2.59. The Balaban J connectivity index is 1.87. The number of benzene rings is 1. The van der Waals surface area contributed by atoms with E-state index < -0.39 is 29.4 Å². The summed E-state index contributed by atoms with van der Waals surface area (Å²) >= 11 is 0. The molecule has 1 saturated carbocycles. The van der Waals surface area contributed by atoms with Crippen LogP contribution in [0.3, 0.4) is 0 Å². The number of para-hydroxylation sites is 1. The molecule has 1 aliphatic carbocycles. The van der Waals surface area contributed by atoms with Crippen molar-refractivity contribution >= 4 is 17.7 Å². The maximum absolute atomic E-state index is 14.2. The van der Waals surface area contributed by atoms with Crippen LogP contribution in [-0.2, 0) is 25.5 Å². The highest BCUT2D eigenvalue weighted by molar-refractivity contribution is 6.02. The van der Waals surface area contributed by atoms with Crippen LogP contribution in [0.1, 0.15) is 90.8 Å². The minimum Gasteiger partial charge on any atom is -0.487 e. The van der Waals surface area contributed by atoms with Crippen LogP contribution in [0, 0.1) is 17.3 Å². The number of Topliss-reactive ketones (excluding diaryl/α,β-unsaturated/α-hetero) is 1. The summed E-state index contributed by atoms with van der Waals surface area (Å²) in [6.45, 7) is 11.9. The predicted molar refractivity (Wildman–Crippen MR) is 129 cm³/mol.